The van der Waals surface area contributed by atoms with E-state index in [1.54, 1.807) is 0 Å². The molecule has 0 aliphatic rings. The van der Waals surface area contributed by atoms with Crippen LogP contribution in [0.1, 0.15) is 38.2 Å². The lowest BCUT2D eigenvalue weighted by Crippen LogP contribution is -2.32. The van der Waals surface area contributed by atoms with Crippen molar-refractivity contribution in [1.29, 1.82) is 0 Å². The lowest BCUT2D eigenvalue weighted by Gasteiger charge is -1.97. The summed E-state index contributed by atoms with van der Waals surface area (Å²) in [6.45, 7) is 7.12. The molecule has 0 saturated heterocycles. The Morgan fingerprint density at radius 1 is 1.21 bits per heavy atom. The predicted octanol–water partition coefficient (Wildman–Crippen LogP) is 3.20. The molecule has 1 nitrogen and oxygen atoms in total. The van der Waals surface area contributed by atoms with Gasteiger partial charge in [-0.2, -0.15) is 0 Å². The van der Waals surface area contributed by atoms with Gasteiger partial charge in [0.1, 0.15) is 6.54 Å². The van der Waals surface area contributed by atoms with Crippen LogP contribution in [0.2, 0.25) is 0 Å². The topological polar surface area (TPSA) is 3.88 Å². The Morgan fingerprint density at radius 3 is 2.50 bits per heavy atom. The zero-order valence-electron chi connectivity index (χ0n) is 9.08. The number of hydrogen-bond donors (Lipinski definition) is 0. The third-order valence-corrected chi connectivity index (χ3v) is 2.42. The zero-order chi connectivity index (χ0) is 10.2. The molecule has 1 aromatic heterocycles. The van der Waals surface area contributed by atoms with Crippen LogP contribution in [0.3, 0.4) is 0 Å². The molecule has 0 aliphatic heterocycles. The van der Waals surface area contributed by atoms with Gasteiger partial charge in [-0.15, -0.1) is 0 Å². The van der Waals surface area contributed by atoms with Crippen LogP contribution in [0.25, 0.3) is 6.08 Å². The molecule has 1 aromatic rings. The molecule has 0 bridgehead atoms. The standard InChI is InChI=1S/C13H20N/c1-3-5-6-7-10-14-11-8-13(4-2)9-12-14/h4,8-9,11-12H,2-3,5-7,10H2,1H3/q+1. The molecule has 0 fully saturated rings. The monoisotopic (exact) mass is 190 g/mol. The highest BCUT2D eigenvalue weighted by molar-refractivity contribution is 5.44. The number of nitrogens with zero attached hydrogens (tertiary/aromatic N) is 1. The third-order valence-electron chi connectivity index (χ3n) is 2.42. The summed E-state index contributed by atoms with van der Waals surface area (Å²) in [5.41, 5.74) is 1.19. The molecule has 14 heavy (non-hydrogen) atoms. The van der Waals surface area contributed by atoms with Crippen molar-refractivity contribution in [2.24, 2.45) is 0 Å². The van der Waals surface area contributed by atoms with E-state index in [0.29, 0.717) is 0 Å². The van der Waals surface area contributed by atoms with Crippen LogP contribution in [-0.2, 0) is 6.54 Å². The van der Waals surface area contributed by atoms with Gasteiger partial charge in [-0.1, -0.05) is 32.4 Å². The molecule has 0 saturated carbocycles. The van der Waals surface area contributed by atoms with E-state index in [-0.39, 0.29) is 0 Å². The largest absolute Gasteiger partial charge is 0.205 e. The molecule has 1 heteroatoms. The summed E-state index contributed by atoms with van der Waals surface area (Å²) < 4.78 is 2.24. The molecule has 0 radical (unpaired) electrons. The Labute approximate surface area is 87.1 Å². The number of unbranched alkanes of at least 4 members (excludes halogenated alkanes) is 3. The van der Waals surface area contributed by atoms with E-state index in [1.807, 2.05) is 6.08 Å². The van der Waals surface area contributed by atoms with Gasteiger partial charge in [0, 0.05) is 18.6 Å². The van der Waals surface area contributed by atoms with Crippen molar-refractivity contribution in [3.8, 4) is 0 Å². The van der Waals surface area contributed by atoms with E-state index in [0.717, 1.165) is 6.54 Å². The first-order valence-electron chi connectivity index (χ1n) is 5.48. The Hall–Kier alpha value is -1.11. The normalized spacial score (nSPS) is 10.1. The summed E-state index contributed by atoms with van der Waals surface area (Å²) in [7, 11) is 0. The summed E-state index contributed by atoms with van der Waals surface area (Å²) >= 11 is 0. The summed E-state index contributed by atoms with van der Waals surface area (Å²) in [6.07, 6.45) is 11.4. The maximum atomic E-state index is 3.74. The lowest BCUT2D eigenvalue weighted by molar-refractivity contribution is -0.697. The Kier molecular flexibility index (Phi) is 4.98. The Morgan fingerprint density at radius 2 is 1.93 bits per heavy atom. The Balaban J connectivity index is 2.32. The minimum Gasteiger partial charge on any atom is -0.205 e. The summed E-state index contributed by atoms with van der Waals surface area (Å²) in [5, 5.41) is 0. The molecule has 0 amide bonds. The average molecular weight is 190 g/mol. The van der Waals surface area contributed by atoms with Gasteiger partial charge >= 0.3 is 0 Å². The fraction of sp³-hybridized carbons (Fsp3) is 0.462. The number of rotatable bonds is 6. The molecule has 76 valence electrons. The van der Waals surface area contributed by atoms with E-state index in [9.17, 15) is 0 Å². The van der Waals surface area contributed by atoms with E-state index in [1.165, 1.54) is 31.2 Å². The molecule has 0 aliphatic carbocycles. The minimum atomic E-state index is 1.14. The smallest absolute Gasteiger partial charge is 0.169 e. The van der Waals surface area contributed by atoms with Crippen LogP contribution in [0, 0.1) is 0 Å². The predicted molar refractivity (Wildman–Crippen MR) is 60.9 cm³/mol. The number of aromatic nitrogens is 1. The lowest BCUT2D eigenvalue weighted by atomic mass is 10.2. The van der Waals surface area contributed by atoms with Crippen LogP contribution < -0.4 is 4.57 Å². The first-order valence-corrected chi connectivity index (χ1v) is 5.48. The highest BCUT2D eigenvalue weighted by Crippen LogP contribution is 1.99. The van der Waals surface area contributed by atoms with Crippen LogP contribution in [0.5, 0.6) is 0 Å². The quantitative estimate of drug-likeness (QED) is 0.479. The van der Waals surface area contributed by atoms with E-state index >= 15 is 0 Å². The van der Waals surface area contributed by atoms with Crippen LogP contribution in [0.15, 0.2) is 31.1 Å². The molecule has 0 atom stereocenters. The van der Waals surface area contributed by atoms with Crippen molar-refractivity contribution in [3.05, 3.63) is 36.7 Å². The fourth-order valence-electron chi connectivity index (χ4n) is 1.48. The molecule has 1 rings (SSSR count). The van der Waals surface area contributed by atoms with Gasteiger partial charge in [0.05, 0.1) is 0 Å². The number of aryl methyl sites for hydroxylation is 1. The van der Waals surface area contributed by atoms with Crippen molar-refractivity contribution in [2.45, 2.75) is 39.2 Å². The van der Waals surface area contributed by atoms with Crippen molar-refractivity contribution < 1.29 is 4.57 Å². The van der Waals surface area contributed by atoms with Crippen molar-refractivity contribution >= 4 is 6.08 Å². The van der Waals surface area contributed by atoms with Crippen molar-refractivity contribution in [2.75, 3.05) is 0 Å². The number of hydrogen-bond acceptors (Lipinski definition) is 0. The third kappa shape index (κ3) is 3.73. The highest BCUT2D eigenvalue weighted by atomic mass is 14.9. The second-order valence-corrected chi connectivity index (χ2v) is 3.63. The maximum Gasteiger partial charge on any atom is 0.169 e. The molecule has 0 unspecified atom stereocenters. The average Bonchev–Trinajstić information content (AvgIpc) is 2.25. The summed E-state index contributed by atoms with van der Waals surface area (Å²) in [5.74, 6) is 0. The molecule has 0 aromatic carbocycles. The van der Waals surface area contributed by atoms with Gasteiger partial charge in [-0.25, -0.2) is 4.57 Å². The van der Waals surface area contributed by atoms with Gasteiger partial charge < -0.3 is 0 Å². The molecule has 0 N–H and O–H groups in total. The van der Waals surface area contributed by atoms with E-state index in [4.69, 9.17) is 0 Å². The molecular weight excluding hydrogens is 170 g/mol. The van der Waals surface area contributed by atoms with Crippen molar-refractivity contribution in [3.63, 3.8) is 0 Å². The van der Waals surface area contributed by atoms with E-state index < -0.39 is 0 Å². The van der Waals surface area contributed by atoms with Gasteiger partial charge in [0.25, 0.3) is 0 Å². The second kappa shape index (κ2) is 6.36. The highest BCUT2D eigenvalue weighted by Gasteiger charge is 1.98. The first kappa shape index (κ1) is 11.0. The maximum absolute atomic E-state index is 3.74. The fourth-order valence-corrected chi connectivity index (χ4v) is 1.48. The van der Waals surface area contributed by atoms with Crippen LogP contribution in [0.4, 0.5) is 0 Å². The zero-order valence-corrected chi connectivity index (χ0v) is 9.08. The van der Waals surface area contributed by atoms with Gasteiger partial charge in [-0.3, -0.25) is 0 Å². The minimum absolute atomic E-state index is 1.14. The van der Waals surface area contributed by atoms with Gasteiger partial charge in [-0.05, 0) is 12.0 Å². The second-order valence-electron chi connectivity index (χ2n) is 3.63. The van der Waals surface area contributed by atoms with Gasteiger partial charge in [0.2, 0.25) is 0 Å². The first-order chi connectivity index (χ1) is 6.86. The molecular formula is C13H20N+. The molecule has 0 spiro atoms. The summed E-state index contributed by atoms with van der Waals surface area (Å²) in [4.78, 5) is 0. The molecule has 1 heterocycles. The number of pyridine rings is 1. The summed E-state index contributed by atoms with van der Waals surface area (Å²) in [6, 6.07) is 4.21. The Bertz CT molecular complexity index is 261. The van der Waals surface area contributed by atoms with Gasteiger partial charge in [0.15, 0.2) is 12.4 Å². The van der Waals surface area contributed by atoms with Crippen LogP contribution >= 0.6 is 0 Å². The van der Waals surface area contributed by atoms with Crippen molar-refractivity contribution in [1.82, 2.24) is 0 Å². The van der Waals surface area contributed by atoms with E-state index in [2.05, 4.69) is 42.6 Å². The SMILES string of the molecule is C=Cc1cc[n+](CCCCCC)cc1. The van der Waals surface area contributed by atoms with Crippen LogP contribution in [-0.4, -0.2) is 0 Å².